The van der Waals surface area contributed by atoms with Crippen LogP contribution in [0.1, 0.15) is 25.0 Å². The first kappa shape index (κ1) is 17.7. The zero-order valence-electron chi connectivity index (χ0n) is 14.1. The Morgan fingerprint density at radius 1 is 1.12 bits per heavy atom. The van der Waals surface area contributed by atoms with E-state index in [0.717, 1.165) is 17.7 Å². The second-order valence-electron chi connectivity index (χ2n) is 5.11. The Morgan fingerprint density at radius 2 is 1.92 bits per heavy atom. The van der Waals surface area contributed by atoms with Gasteiger partial charge in [-0.25, -0.2) is 14.4 Å². The van der Waals surface area contributed by atoms with Gasteiger partial charge in [0.1, 0.15) is 5.82 Å². The topological polar surface area (TPSA) is 58.5 Å². The van der Waals surface area contributed by atoms with Crippen LogP contribution in [-0.4, -0.2) is 24.1 Å². The van der Waals surface area contributed by atoms with Crippen LogP contribution in [-0.2, 0) is 13.1 Å². The molecule has 2 N–H and O–H groups in total. The highest BCUT2D eigenvalue weighted by Gasteiger charge is 2.01. The standard InChI is InChI=1S/C18H23FN4O/c1-3-20-18(22-12-14-5-7-16(19)8-6-14)23-13-15-9-10-21-17(11-15)24-4-2/h5-11H,3-4,12-13H2,1-2H3,(H2,20,22,23). The van der Waals surface area contributed by atoms with Crippen LogP contribution in [0.2, 0.25) is 0 Å². The summed E-state index contributed by atoms with van der Waals surface area (Å²) in [5.74, 6) is 1.08. The van der Waals surface area contributed by atoms with Crippen LogP contribution < -0.4 is 15.4 Å². The van der Waals surface area contributed by atoms with Gasteiger partial charge in [-0.15, -0.1) is 0 Å². The fraction of sp³-hybridized carbons (Fsp3) is 0.333. The fourth-order valence-corrected chi connectivity index (χ4v) is 2.08. The molecule has 0 spiro atoms. The number of aliphatic imine (C=N–C) groups is 1. The third kappa shape index (κ3) is 5.87. The van der Waals surface area contributed by atoms with E-state index in [2.05, 4.69) is 20.6 Å². The van der Waals surface area contributed by atoms with Gasteiger partial charge in [0.05, 0.1) is 13.2 Å². The van der Waals surface area contributed by atoms with E-state index in [9.17, 15) is 4.39 Å². The predicted molar refractivity (Wildman–Crippen MR) is 93.5 cm³/mol. The van der Waals surface area contributed by atoms with Crippen LogP contribution in [0.25, 0.3) is 0 Å². The van der Waals surface area contributed by atoms with E-state index < -0.39 is 0 Å². The van der Waals surface area contributed by atoms with E-state index in [1.54, 1.807) is 18.3 Å². The summed E-state index contributed by atoms with van der Waals surface area (Å²) < 4.78 is 18.3. The second kappa shape index (κ2) is 9.50. The summed E-state index contributed by atoms with van der Waals surface area (Å²) in [6.45, 7) is 6.37. The van der Waals surface area contributed by atoms with Gasteiger partial charge in [-0.3, -0.25) is 0 Å². The monoisotopic (exact) mass is 330 g/mol. The Kier molecular flexibility index (Phi) is 7.01. The lowest BCUT2D eigenvalue weighted by Crippen LogP contribution is -2.36. The molecule has 1 heterocycles. The van der Waals surface area contributed by atoms with E-state index in [4.69, 9.17) is 4.74 Å². The molecule has 1 aromatic heterocycles. The number of pyridine rings is 1. The van der Waals surface area contributed by atoms with Gasteiger partial charge in [-0.2, -0.15) is 0 Å². The quantitative estimate of drug-likeness (QED) is 0.605. The van der Waals surface area contributed by atoms with Crippen molar-refractivity contribution >= 4 is 5.96 Å². The van der Waals surface area contributed by atoms with Crippen LogP contribution in [0, 0.1) is 5.82 Å². The van der Waals surface area contributed by atoms with E-state index in [0.29, 0.717) is 31.5 Å². The van der Waals surface area contributed by atoms with Crippen molar-refractivity contribution in [2.24, 2.45) is 4.99 Å². The largest absolute Gasteiger partial charge is 0.478 e. The molecule has 24 heavy (non-hydrogen) atoms. The summed E-state index contributed by atoms with van der Waals surface area (Å²) in [4.78, 5) is 8.70. The second-order valence-corrected chi connectivity index (χ2v) is 5.11. The Morgan fingerprint density at radius 3 is 2.62 bits per heavy atom. The molecule has 0 aliphatic carbocycles. The van der Waals surface area contributed by atoms with Crippen LogP contribution in [0.3, 0.4) is 0 Å². The Balaban J connectivity index is 1.96. The summed E-state index contributed by atoms with van der Waals surface area (Å²) in [7, 11) is 0. The molecule has 0 amide bonds. The molecule has 128 valence electrons. The molecule has 5 nitrogen and oxygen atoms in total. The van der Waals surface area contributed by atoms with Crippen molar-refractivity contribution in [3.8, 4) is 5.88 Å². The van der Waals surface area contributed by atoms with E-state index in [1.165, 1.54) is 12.1 Å². The number of benzene rings is 1. The van der Waals surface area contributed by atoms with Crippen molar-refractivity contribution in [3.63, 3.8) is 0 Å². The molecule has 0 radical (unpaired) electrons. The highest BCUT2D eigenvalue weighted by atomic mass is 19.1. The number of hydrogen-bond donors (Lipinski definition) is 2. The summed E-state index contributed by atoms with van der Waals surface area (Å²) in [6.07, 6.45) is 1.72. The molecule has 0 aliphatic heterocycles. The van der Waals surface area contributed by atoms with Crippen molar-refractivity contribution < 1.29 is 9.13 Å². The van der Waals surface area contributed by atoms with Gasteiger partial charge in [0.2, 0.25) is 5.88 Å². The third-order valence-corrected chi connectivity index (χ3v) is 3.23. The van der Waals surface area contributed by atoms with Gasteiger partial charge < -0.3 is 15.4 Å². The minimum Gasteiger partial charge on any atom is -0.478 e. The molecule has 2 rings (SSSR count). The van der Waals surface area contributed by atoms with Crippen molar-refractivity contribution in [1.82, 2.24) is 15.6 Å². The van der Waals surface area contributed by atoms with E-state index >= 15 is 0 Å². The van der Waals surface area contributed by atoms with E-state index in [1.807, 2.05) is 26.0 Å². The van der Waals surface area contributed by atoms with E-state index in [-0.39, 0.29) is 5.82 Å². The van der Waals surface area contributed by atoms with Gasteiger partial charge in [-0.05, 0) is 43.2 Å². The number of aromatic nitrogens is 1. The Bertz CT molecular complexity index is 658. The molecule has 0 saturated heterocycles. The lowest BCUT2D eigenvalue weighted by atomic mass is 10.2. The Hall–Kier alpha value is -2.63. The van der Waals surface area contributed by atoms with Gasteiger partial charge >= 0.3 is 0 Å². The summed E-state index contributed by atoms with van der Waals surface area (Å²) in [6, 6.07) is 10.2. The number of rotatable bonds is 7. The minimum atomic E-state index is -0.234. The Labute approximate surface area is 142 Å². The van der Waals surface area contributed by atoms with Crippen molar-refractivity contribution in [2.45, 2.75) is 26.9 Å². The highest BCUT2D eigenvalue weighted by Crippen LogP contribution is 2.10. The molecule has 0 aliphatic rings. The zero-order valence-corrected chi connectivity index (χ0v) is 14.1. The molecule has 0 saturated carbocycles. The lowest BCUT2D eigenvalue weighted by Gasteiger charge is -2.11. The first-order chi connectivity index (χ1) is 11.7. The molecular weight excluding hydrogens is 307 g/mol. The maximum Gasteiger partial charge on any atom is 0.213 e. The normalized spacial score (nSPS) is 11.2. The number of guanidine groups is 1. The van der Waals surface area contributed by atoms with Gasteiger partial charge in [0.15, 0.2) is 5.96 Å². The fourth-order valence-electron chi connectivity index (χ4n) is 2.08. The average Bonchev–Trinajstić information content (AvgIpc) is 2.59. The van der Waals surface area contributed by atoms with Gasteiger partial charge in [0.25, 0.3) is 0 Å². The maximum absolute atomic E-state index is 12.9. The highest BCUT2D eigenvalue weighted by molar-refractivity contribution is 5.79. The summed E-state index contributed by atoms with van der Waals surface area (Å²) in [5.41, 5.74) is 2.01. The van der Waals surface area contributed by atoms with Crippen LogP contribution >= 0.6 is 0 Å². The number of nitrogens with zero attached hydrogens (tertiary/aromatic N) is 2. The summed E-state index contributed by atoms with van der Waals surface area (Å²) in [5, 5.41) is 6.43. The molecule has 6 heteroatoms. The first-order valence-electron chi connectivity index (χ1n) is 8.05. The smallest absolute Gasteiger partial charge is 0.213 e. The average molecular weight is 330 g/mol. The molecule has 1 aromatic carbocycles. The van der Waals surface area contributed by atoms with Crippen LogP contribution in [0.4, 0.5) is 4.39 Å². The third-order valence-electron chi connectivity index (χ3n) is 3.23. The van der Waals surface area contributed by atoms with Gasteiger partial charge in [-0.1, -0.05) is 12.1 Å². The number of hydrogen-bond acceptors (Lipinski definition) is 3. The minimum absolute atomic E-state index is 0.234. The van der Waals surface area contributed by atoms with Gasteiger partial charge in [0, 0.05) is 25.4 Å². The number of halogens is 1. The van der Waals surface area contributed by atoms with Crippen molar-refractivity contribution in [2.75, 3.05) is 13.2 Å². The van der Waals surface area contributed by atoms with Crippen LogP contribution in [0.15, 0.2) is 47.6 Å². The SMILES string of the molecule is CCNC(=NCc1ccnc(OCC)c1)NCc1ccc(F)cc1. The number of ether oxygens (including phenoxy) is 1. The number of nitrogens with one attached hydrogen (secondary N) is 2. The molecule has 0 fully saturated rings. The molecule has 0 atom stereocenters. The molecular formula is C18H23FN4O. The first-order valence-corrected chi connectivity index (χ1v) is 8.05. The molecule has 2 aromatic rings. The summed E-state index contributed by atoms with van der Waals surface area (Å²) >= 11 is 0. The zero-order chi connectivity index (χ0) is 17.2. The van der Waals surface area contributed by atoms with Crippen molar-refractivity contribution in [1.29, 1.82) is 0 Å². The molecule has 0 unspecified atom stereocenters. The maximum atomic E-state index is 12.9. The molecule has 0 bridgehead atoms. The lowest BCUT2D eigenvalue weighted by molar-refractivity contribution is 0.326. The predicted octanol–water partition coefficient (Wildman–Crippen LogP) is 2.87. The van der Waals surface area contributed by atoms with Crippen LogP contribution in [0.5, 0.6) is 5.88 Å². The van der Waals surface area contributed by atoms with Crippen molar-refractivity contribution in [3.05, 3.63) is 59.5 Å².